The number of ether oxygens (including phenoxy) is 2. The zero-order valence-electron chi connectivity index (χ0n) is 15.6. The summed E-state index contributed by atoms with van der Waals surface area (Å²) in [5.41, 5.74) is -1.65. The van der Waals surface area contributed by atoms with Crippen LogP contribution in [0.1, 0.15) is 68.2 Å². The van der Waals surface area contributed by atoms with Crippen LogP contribution in [0, 0.1) is 0 Å². The van der Waals surface area contributed by atoms with E-state index in [4.69, 9.17) is 14.6 Å². The predicted molar refractivity (Wildman–Crippen MR) is 88.9 cm³/mol. The molecule has 1 amide bonds. The van der Waals surface area contributed by atoms with Gasteiger partial charge in [0.1, 0.15) is 5.60 Å². The SMILES string of the molecule is CC(C)OC(C)(C)CCOC(C)(C)C(=O)NC(C)(C)CCO. The maximum atomic E-state index is 12.3. The van der Waals surface area contributed by atoms with Crippen LogP contribution in [0.15, 0.2) is 0 Å². The third kappa shape index (κ3) is 8.71. The van der Waals surface area contributed by atoms with Crippen LogP contribution in [0.3, 0.4) is 0 Å². The van der Waals surface area contributed by atoms with E-state index < -0.39 is 11.1 Å². The smallest absolute Gasteiger partial charge is 0.252 e. The summed E-state index contributed by atoms with van der Waals surface area (Å²) in [5.74, 6) is -0.173. The highest BCUT2D eigenvalue weighted by Crippen LogP contribution is 2.20. The van der Waals surface area contributed by atoms with Gasteiger partial charge in [-0.05, 0) is 68.2 Å². The van der Waals surface area contributed by atoms with Gasteiger partial charge in [0.05, 0.1) is 18.3 Å². The number of nitrogens with one attached hydrogen (secondary N) is 1. The fraction of sp³-hybridized carbons (Fsp3) is 0.941. The highest BCUT2D eigenvalue weighted by Gasteiger charge is 2.33. The number of amides is 1. The van der Waals surface area contributed by atoms with Crippen molar-refractivity contribution in [2.45, 2.75) is 91.1 Å². The Morgan fingerprint density at radius 2 is 1.64 bits per heavy atom. The van der Waals surface area contributed by atoms with E-state index in [1.165, 1.54) is 0 Å². The van der Waals surface area contributed by atoms with E-state index >= 15 is 0 Å². The minimum Gasteiger partial charge on any atom is -0.396 e. The lowest BCUT2D eigenvalue weighted by molar-refractivity contribution is -0.148. The Kier molecular flexibility index (Phi) is 8.03. The second kappa shape index (κ2) is 8.27. The van der Waals surface area contributed by atoms with Crippen LogP contribution in [0.4, 0.5) is 0 Å². The Bertz CT molecular complexity index is 349. The number of aliphatic hydroxyl groups is 1. The van der Waals surface area contributed by atoms with Crippen molar-refractivity contribution in [2.75, 3.05) is 13.2 Å². The molecule has 5 nitrogen and oxygen atoms in total. The van der Waals surface area contributed by atoms with Crippen molar-refractivity contribution >= 4 is 5.91 Å². The summed E-state index contributed by atoms with van der Waals surface area (Å²) in [6.45, 7) is 15.8. The molecule has 0 aliphatic carbocycles. The van der Waals surface area contributed by atoms with Gasteiger partial charge in [0.2, 0.25) is 0 Å². The molecule has 0 rings (SSSR count). The van der Waals surface area contributed by atoms with Crippen molar-refractivity contribution in [3.05, 3.63) is 0 Å². The molecule has 0 aromatic heterocycles. The van der Waals surface area contributed by atoms with Crippen LogP contribution in [0.2, 0.25) is 0 Å². The largest absolute Gasteiger partial charge is 0.396 e. The van der Waals surface area contributed by atoms with Gasteiger partial charge >= 0.3 is 0 Å². The zero-order chi connectivity index (χ0) is 17.6. The van der Waals surface area contributed by atoms with Crippen molar-refractivity contribution in [2.24, 2.45) is 0 Å². The van der Waals surface area contributed by atoms with E-state index in [0.29, 0.717) is 19.4 Å². The van der Waals surface area contributed by atoms with E-state index in [9.17, 15) is 4.79 Å². The molecule has 0 fully saturated rings. The molecule has 0 radical (unpaired) electrons. The van der Waals surface area contributed by atoms with E-state index in [2.05, 4.69) is 5.32 Å². The van der Waals surface area contributed by atoms with E-state index in [1.807, 2.05) is 41.5 Å². The van der Waals surface area contributed by atoms with Crippen LogP contribution in [0.5, 0.6) is 0 Å². The summed E-state index contributed by atoms with van der Waals surface area (Å²) in [6, 6.07) is 0. The molecule has 0 bridgehead atoms. The Balaban J connectivity index is 4.43. The monoisotopic (exact) mass is 317 g/mol. The van der Waals surface area contributed by atoms with Crippen molar-refractivity contribution in [1.29, 1.82) is 0 Å². The van der Waals surface area contributed by atoms with Gasteiger partial charge in [-0.15, -0.1) is 0 Å². The summed E-state index contributed by atoms with van der Waals surface area (Å²) in [7, 11) is 0. The Hall–Kier alpha value is -0.650. The number of hydrogen-bond acceptors (Lipinski definition) is 4. The predicted octanol–water partition coefficient (Wildman–Crippen LogP) is 2.65. The molecule has 22 heavy (non-hydrogen) atoms. The lowest BCUT2D eigenvalue weighted by Gasteiger charge is -2.33. The summed E-state index contributed by atoms with van der Waals surface area (Å²) in [5, 5.41) is 11.9. The molecule has 0 aliphatic rings. The first-order valence-electron chi connectivity index (χ1n) is 8.06. The van der Waals surface area contributed by atoms with Gasteiger partial charge in [0.15, 0.2) is 0 Å². The second-order valence-electron chi connectivity index (χ2n) is 7.85. The standard InChI is InChI=1S/C17H35NO4/c1-13(2)22-16(5,6)10-12-21-17(7,8)14(20)18-15(3,4)9-11-19/h13,19H,9-12H2,1-8H3,(H,18,20). The number of carbonyl (C=O) groups excluding carboxylic acids is 1. The minimum atomic E-state index is -0.916. The van der Waals surface area contributed by atoms with E-state index in [0.717, 1.165) is 0 Å². The summed E-state index contributed by atoms with van der Waals surface area (Å²) in [6.07, 6.45) is 1.37. The quantitative estimate of drug-likeness (QED) is 0.650. The van der Waals surface area contributed by atoms with Crippen LogP contribution in [0.25, 0.3) is 0 Å². The molecule has 0 atom stereocenters. The van der Waals surface area contributed by atoms with Gasteiger partial charge in [-0.1, -0.05) is 0 Å². The van der Waals surface area contributed by atoms with E-state index in [-0.39, 0.29) is 24.2 Å². The van der Waals surface area contributed by atoms with Gasteiger partial charge in [-0.3, -0.25) is 4.79 Å². The molecule has 0 saturated carbocycles. The Labute approximate surface area is 135 Å². The molecule has 0 heterocycles. The lowest BCUT2D eigenvalue weighted by Crippen LogP contribution is -2.53. The van der Waals surface area contributed by atoms with Crippen molar-refractivity contribution in [1.82, 2.24) is 5.32 Å². The first kappa shape index (κ1) is 21.4. The first-order valence-corrected chi connectivity index (χ1v) is 8.06. The lowest BCUT2D eigenvalue weighted by atomic mass is 9.98. The average molecular weight is 317 g/mol. The van der Waals surface area contributed by atoms with Crippen LogP contribution < -0.4 is 5.32 Å². The Morgan fingerprint density at radius 1 is 1.09 bits per heavy atom. The molecule has 0 saturated heterocycles. The number of aliphatic hydroxyl groups excluding tert-OH is 1. The van der Waals surface area contributed by atoms with Gasteiger partial charge in [0, 0.05) is 12.1 Å². The average Bonchev–Trinajstić information content (AvgIpc) is 2.24. The Morgan fingerprint density at radius 3 is 2.09 bits per heavy atom. The fourth-order valence-corrected chi connectivity index (χ4v) is 2.11. The third-order valence-corrected chi connectivity index (χ3v) is 3.46. The summed E-state index contributed by atoms with van der Waals surface area (Å²) < 4.78 is 11.6. The van der Waals surface area contributed by atoms with E-state index in [1.54, 1.807) is 13.8 Å². The maximum Gasteiger partial charge on any atom is 0.252 e. The van der Waals surface area contributed by atoms with Crippen molar-refractivity contribution in [3.8, 4) is 0 Å². The van der Waals surface area contributed by atoms with Crippen LogP contribution >= 0.6 is 0 Å². The molecule has 0 aliphatic heterocycles. The molecular formula is C17H35NO4. The van der Waals surface area contributed by atoms with Crippen LogP contribution in [-0.4, -0.2) is 47.1 Å². The highest BCUT2D eigenvalue weighted by molar-refractivity contribution is 5.84. The number of carbonyl (C=O) groups is 1. The topological polar surface area (TPSA) is 67.8 Å². The van der Waals surface area contributed by atoms with Crippen LogP contribution in [-0.2, 0) is 14.3 Å². The minimum absolute atomic E-state index is 0.0370. The van der Waals surface area contributed by atoms with Crippen molar-refractivity contribution < 1.29 is 19.4 Å². The normalized spacial score (nSPS) is 13.5. The van der Waals surface area contributed by atoms with Crippen molar-refractivity contribution in [3.63, 3.8) is 0 Å². The first-order chi connectivity index (χ1) is 9.81. The number of hydrogen-bond donors (Lipinski definition) is 2. The van der Waals surface area contributed by atoms with Gasteiger partial charge in [0.25, 0.3) is 5.91 Å². The molecule has 5 heteroatoms. The highest BCUT2D eigenvalue weighted by atomic mass is 16.5. The fourth-order valence-electron chi connectivity index (χ4n) is 2.11. The van der Waals surface area contributed by atoms with Gasteiger partial charge < -0.3 is 19.9 Å². The maximum absolute atomic E-state index is 12.3. The molecule has 2 N–H and O–H groups in total. The summed E-state index contributed by atoms with van der Waals surface area (Å²) in [4.78, 5) is 12.3. The molecule has 132 valence electrons. The molecule has 0 spiro atoms. The summed E-state index contributed by atoms with van der Waals surface area (Å²) >= 11 is 0. The zero-order valence-corrected chi connectivity index (χ0v) is 15.6. The number of rotatable bonds is 10. The molecular weight excluding hydrogens is 282 g/mol. The van der Waals surface area contributed by atoms with Gasteiger partial charge in [-0.25, -0.2) is 0 Å². The van der Waals surface area contributed by atoms with Gasteiger partial charge in [-0.2, -0.15) is 0 Å². The molecule has 0 aromatic carbocycles. The molecule has 0 unspecified atom stereocenters. The molecule has 0 aromatic rings. The third-order valence-electron chi connectivity index (χ3n) is 3.46. The second-order valence-corrected chi connectivity index (χ2v) is 7.85.